The van der Waals surface area contributed by atoms with E-state index in [1.54, 1.807) is 30.3 Å². The summed E-state index contributed by atoms with van der Waals surface area (Å²) in [5, 5.41) is 0.0757. The van der Waals surface area contributed by atoms with Gasteiger partial charge in [-0.05, 0) is 47.4 Å². The van der Waals surface area contributed by atoms with Crippen molar-refractivity contribution in [1.29, 1.82) is 0 Å². The van der Waals surface area contributed by atoms with E-state index >= 15 is 0 Å². The zero-order valence-corrected chi connectivity index (χ0v) is 14.8. The predicted octanol–water partition coefficient (Wildman–Crippen LogP) is 7.00. The number of hydrogen-bond donors (Lipinski definition) is 0. The molecule has 0 nitrogen and oxygen atoms in total. The summed E-state index contributed by atoms with van der Waals surface area (Å²) in [6, 6.07) is 12.2. The van der Waals surface area contributed by atoms with Crippen molar-refractivity contribution in [3.05, 3.63) is 83.7 Å². The highest BCUT2D eigenvalue weighted by molar-refractivity contribution is 5.89. The van der Waals surface area contributed by atoms with Gasteiger partial charge in [-0.3, -0.25) is 0 Å². The van der Waals surface area contributed by atoms with Crippen molar-refractivity contribution >= 4 is 10.8 Å². The van der Waals surface area contributed by atoms with Crippen LogP contribution in [0.3, 0.4) is 0 Å². The first-order valence-electron chi connectivity index (χ1n) is 8.86. The quantitative estimate of drug-likeness (QED) is 0.418. The van der Waals surface area contributed by atoms with Crippen LogP contribution in [0, 0.1) is 17.5 Å². The third-order valence-corrected chi connectivity index (χ3v) is 4.62. The van der Waals surface area contributed by atoms with Gasteiger partial charge in [-0.1, -0.05) is 55.8 Å². The molecule has 0 heterocycles. The number of hydrogen-bond acceptors (Lipinski definition) is 0. The Labute approximate surface area is 152 Å². The van der Waals surface area contributed by atoms with Gasteiger partial charge in [0, 0.05) is 5.56 Å². The zero-order chi connectivity index (χ0) is 18.7. The Morgan fingerprint density at radius 1 is 0.885 bits per heavy atom. The first-order chi connectivity index (χ1) is 12.6. The summed E-state index contributed by atoms with van der Waals surface area (Å²) in [6.07, 6.45) is 4.62. The lowest BCUT2D eigenvalue weighted by molar-refractivity contribution is 0.513. The normalized spacial score (nSPS) is 11.1. The molecule has 0 saturated carbocycles. The van der Waals surface area contributed by atoms with Crippen molar-refractivity contribution in [3.63, 3.8) is 0 Å². The van der Waals surface area contributed by atoms with Gasteiger partial charge in [0.05, 0.1) is 5.39 Å². The largest absolute Gasteiger partial charge is 0.206 e. The molecular weight excluding hydrogens is 333 g/mol. The highest BCUT2D eigenvalue weighted by atomic mass is 19.2. The summed E-state index contributed by atoms with van der Waals surface area (Å²) in [7, 11) is 0. The Morgan fingerprint density at radius 3 is 2.27 bits per heavy atom. The lowest BCUT2D eigenvalue weighted by Crippen LogP contribution is -1.98. The zero-order valence-electron chi connectivity index (χ0n) is 14.8. The van der Waals surface area contributed by atoms with Gasteiger partial charge in [0.15, 0.2) is 11.6 Å². The van der Waals surface area contributed by atoms with Crippen LogP contribution in [0.4, 0.5) is 13.2 Å². The number of aryl methyl sites for hydroxylation is 2. The molecule has 0 amide bonds. The van der Waals surface area contributed by atoms with Gasteiger partial charge in [-0.15, -0.1) is 6.58 Å². The molecule has 0 aliphatic heterocycles. The van der Waals surface area contributed by atoms with E-state index in [9.17, 15) is 13.2 Å². The number of allylic oxidation sites excluding steroid dienone is 1. The maximum absolute atomic E-state index is 14.7. The molecule has 0 unspecified atom stereocenters. The molecule has 0 fully saturated rings. The minimum Gasteiger partial charge on any atom is -0.206 e. The van der Waals surface area contributed by atoms with Crippen LogP contribution in [0.1, 0.15) is 30.9 Å². The first-order valence-corrected chi connectivity index (χ1v) is 8.86. The Kier molecular flexibility index (Phi) is 5.46. The van der Waals surface area contributed by atoms with Crippen molar-refractivity contribution in [1.82, 2.24) is 0 Å². The maximum atomic E-state index is 14.7. The molecule has 3 aromatic carbocycles. The number of halogens is 3. The van der Waals surface area contributed by atoms with Crippen LogP contribution in [-0.2, 0) is 12.8 Å². The smallest absolute Gasteiger partial charge is 0.170 e. The summed E-state index contributed by atoms with van der Waals surface area (Å²) < 4.78 is 44.0. The van der Waals surface area contributed by atoms with Crippen molar-refractivity contribution in [2.24, 2.45) is 0 Å². The van der Waals surface area contributed by atoms with Crippen LogP contribution in [0.15, 0.2) is 55.1 Å². The van der Waals surface area contributed by atoms with E-state index < -0.39 is 17.5 Å². The Morgan fingerprint density at radius 2 is 1.62 bits per heavy atom. The van der Waals surface area contributed by atoms with Crippen molar-refractivity contribution in [2.45, 2.75) is 32.6 Å². The topological polar surface area (TPSA) is 0 Å². The first kappa shape index (κ1) is 18.2. The molecule has 26 heavy (non-hydrogen) atoms. The second kappa shape index (κ2) is 7.77. The minimum atomic E-state index is -1.13. The maximum Gasteiger partial charge on any atom is 0.170 e. The van der Waals surface area contributed by atoms with Gasteiger partial charge in [0.25, 0.3) is 0 Å². The predicted molar refractivity (Wildman–Crippen MR) is 102 cm³/mol. The molecule has 134 valence electrons. The van der Waals surface area contributed by atoms with E-state index in [0.717, 1.165) is 18.4 Å². The number of fused-ring (bicyclic) bond motifs is 1. The minimum absolute atomic E-state index is 0.149. The Bertz CT molecular complexity index is 940. The fourth-order valence-electron chi connectivity index (χ4n) is 3.22. The van der Waals surface area contributed by atoms with Crippen molar-refractivity contribution < 1.29 is 13.2 Å². The molecule has 0 saturated heterocycles. The van der Waals surface area contributed by atoms with Crippen LogP contribution in [0.2, 0.25) is 0 Å². The van der Waals surface area contributed by atoms with Crippen molar-refractivity contribution in [2.75, 3.05) is 0 Å². The highest BCUT2D eigenvalue weighted by Crippen LogP contribution is 2.33. The van der Waals surface area contributed by atoms with Crippen molar-refractivity contribution in [3.8, 4) is 11.1 Å². The summed E-state index contributed by atoms with van der Waals surface area (Å²) in [5.41, 5.74) is 2.25. The average Bonchev–Trinajstić information content (AvgIpc) is 2.65. The molecule has 0 bridgehead atoms. The third-order valence-electron chi connectivity index (χ3n) is 4.62. The van der Waals surface area contributed by atoms with Crippen LogP contribution in [0.25, 0.3) is 21.9 Å². The molecular formula is C23H21F3. The third kappa shape index (κ3) is 3.39. The second-order valence-corrected chi connectivity index (χ2v) is 6.46. The van der Waals surface area contributed by atoms with Gasteiger partial charge in [0.1, 0.15) is 5.82 Å². The Hall–Kier alpha value is -2.55. The molecule has 0 spiro atoms. The van der Waals surface area contributed by atoms with Gasteiger partial charge in [0.2, 0.25) is 0 Å². The van der Waals surface area contributed by atoms with E-state index in [1.807, 2.05) is 12.1 Å². The molecule has 3 rings (SSSR count). The second-order valence-electron chi connectivity index (χ2n) is 6.46. The lowest BCUT2D eigenvalue weighted by atomic mass is 9.96. The summed E-state index contributed by atoms with van der Waals surface area (Å²) in [5.74, 6) is -2.83. The van der Waals surface area contributed by atoms with E-state index in [0.29, 0.717) is 29.4 Å². The lowest BCUT2D eigenvalue weighted by Gasteiger charge is -2.11. The molecule has 0 atom stereocenters. The van der Waals surface area contributed by atoms with Crippen LogP contribution in [-0.4, -0.2) is 0 Å². The van der Waals surface area contributed by atoms with E-state index in [4.69, 9.17) is 0 Å². The van der Waals surface area contributed by atoms with Crippen LogP contribution >= 0.6 is 0 Å². The van der Waals surface area contributed by atoms with Gasteiger partial charge >= 0.3 is 0 Å². The number of benzene rings is 3. The average molecular weight is 354 g/mol. The van der Waals surface area contributed by atoms with Gasteiger partial charge < -0.3 is 0 Å². The van der Waals surface area contributed by atoms with Gasteiger partial charge in [-0.25, -0.2) is 13.2 Å². The SMILES string of the molecule is C=CCCc1ccc2cc(-c3ccc(CCC)cc3)c(F)c(F)c2c1F. The van der Waals surface area contributed by atoms with E-state index in [2.05, 4.69) is 13.5 Å². The summed E-state index contributed by atoms with van der Waals surface area (Å²) >= 11 is 0. The number of rotatable bonds is 6. The molecule has 0 aliphatic carbocycles. The van der Waals surface area contributed by atoms with E-state index in [-0.39, 0.29) is 10.9 Å². The fourth-order valence-corrected chi connectivity index (χ4v) is 3.22. The van der Waals surface area contributed by atoms with Gasteiger partial charge in [-0.2, -0.15) is 0 Å². The van der Waals surface area contributed by atoms with Crippen LogP contribution < -0.4 is 0 Å². The highest BCUT2D eigenvalue weighted by Gasteiger charge is 2.19. The molecule has 0 aliphatic rings. The summed E-state index contributed by atoms with van der Waals surface area (Å²) in [4.78, 5) is 0. The summed E-state index contributed by atoms with van der Waals surface area (Å²) in [6.45, 7) is 5.69. The van der Waals surface area contributed by atoms with Crippen LogP contribution in [0.5, 0.6) is 0 Å². The fraction of sp³-hybridized carbons (Fsp3) is 0.217. The van der Waals surface area contributed by atoms with E-state index in [1.165, 1.54) is 6.07 Å². The molecule has 0 N–H and O–H groups in total. The molecule has 3 heteroatoms. The Balaban J connectivity index is 2.11. The molecule has 0 radical (unpaired) electrons. The monoisotopic (exact) mass is 354 g/mol. The molecule has 0 aromatic heterocycles. The standard InChI is InChI=1S/C23H21F3/c1-3-5-7-17-12-13-18-14-19(22(25)23(26)20(18)21(17)24)16-10-8-15(6-4-2)9-11-16/h3,8-14H,1,4-7H2,2H3. The molecule has 3 aromatic rings.